The summed E-state index contributed by atoms with van der Waals surface area (Å²) in [5.74, 6) is 0. The lowest BCUT2D eigenvalue weighted by atomic mass is 10.2. The van der Waals surface area contributed by atoms with Crippen LogP contribution in [0.4, 0.5) is 5.69 Å². The third-order valence-electron chi connectivity index (χ3n) is 2.77. The molecule has 2 aromatic rings. The summed E-state index contributed by atoms with van der Waals surface area (Å²) in [7, 11) is -3.71. The number of hydrogen-bond acceptors (Lipinski definition) is 5. The number of nitrogens with zero attached hydrogens (tertiary/aromatic N) is 1. The fraction of sp³-hybridized carbons (Fsp3) is 0.154. The molecular weight excluding hydrogens is 294 g/mol. The minimum absolute atomic E-state index is 0.0782. The van der Waals surface area contributed by atoms with Crippen LogP contribution in [0.3, 0.4) is 0 Å². The van der Waals surface area contributed by atoms with E-state index >= 15 is 0 Å². The Morgan fingerprint density at radius 1 is 1.40 bits per heavy atom. The molecule has 0 aliphatic heterocycles. The molecule has 1 aromatic heterocycles. The molecule has 0 amide bonds. The number of primary sulfonamides is 1. The number of benzene rings is 1. The average Bonchev–Trinajstić information content (AvgIpc) is 2.84. The van der Waals surface area contributed by atoms with E-state index in [-0.39, 0.29) is 4.90 Å². The van der Waals surface area contributed by atoms with Crippen LogP contribution in [0.15, 0.2) is 34.5 Å². The van der Waals surface area contributed by atoms with Gasteiger partial charge in [0.2, 0.25) is 10.0 Å². The lowest BCUT2D eigenvalue weighted by Gasteiger charge is -2.10. The normalized spacial score (nSPS) is 11.1. The third-order valence-corrected chi connectivity index (χ3v) is 4.62. The molecule has 0 saturated carbocycles. The van der Waals surface area contributed by atoms with Crippen molar-refractivity contribution in [3.05, 3.63) is 45.6 Å². The molecule has 0 aliphatic carbocycles. The van der Waals surface area contributed by atoms with Gasteiger partial charge in [-0.15, -0.1) is 11.3 Å². The van der Waals surface area contributed by atoms with Crippen LogP contribution in [-0.4, -0.2) is 8.42 Å². The predicted octanol–water partition coefficient (Wildman–Crippen LogP) is 2.19. The van der Waals surface area contributed by atoms with E-state index in [1.54, 1.807) is 17.5 Å². The highest BCUT2D eigenvalue weighted by atomic mass is 32.2. The van der Waals surface area contributed by atoms with Crippen LogP contribution in [0.25, 0.3) is 0 Å². The Hall–Kier alpha value is -1.88. The zero-order valence-electron chi connectivity index (χ0n) is 10.8. The number of aryl methyl sites for hydroxylation is 1. The maximum Gasteiger partial charge on any atom is 0.238 e. The molecule has 20 heavy (non-hydrogen) atoms. The van der Waals surface area contributed by atoms with Gasteiger partial charge in [-0.05, 0) is 30.7 Å². The molecule has 0 radical (unpaired) electrons. The first kappa shape index (κ1) is 14.5. The van der Waals surface area contributed by atoms with Crippen LogP contribution in [0.1, 0.15) is 16.0 Å². The van der Waals surface area contributed by atoms with E-state index in [1.807, 2.05) is 6.92 Å². The van der Waals surface area contributed by atoms with E-state index < -0.39 is 10.0 Å². The minimum atomic E-state index is -3.71. The summed E-state index contributed by atoms with van der Waals surface area (Å²) in [6.07, 6.45) is 0. The van der Waals surface area contributed by atoms with Crippen LogP contribution in [0, 0.1) is 18.3 Å². The van der Waals surface area contributed by atoms with Crippen molar-refractivity contribution in [1.29, 1.82) is 5.26 Å². The topological polar surface area (TPSA) is 96.0 Å². The van der Waals surface area contributed by atoms with Crippen molar-refractivity contribution in [2.24, 2.45) is 5.14 Å². The molecule has 0 atom stereocenters. The molecule has 3 N–H and O–H groups in total. The first-order chi connectivity index (χ1) is 9.40. The molecule has 2 rings (SSSR count). The fourth-order valence-corrected chi connectivity index (χ4v) is 2.97. The smallest absolute Gasteiger partial charge is 0.238 e. The molecule has 0 aliphatic rings. The second-order valence-corrected chi connectivity index (χ2v) is 6.85. The lowest BCUT2D eigenvalue weighted by Crippen LogP contribution is -2.12. The molecule has 1 aromatic carbocycles. The van der Waals surface area contributed by atoms with E-state index in [4.69, 9.17) is 10.4 Å². The maximum atomic E-state index is 11.3. The van der Waals surface area contributed by atoms with Gasteiger partial charge in [-0.1, -0.05) is 6.07 Å². The molecule has 0 bridgehead atoms. The number of hydrogen-bond donors (Lipinski definition) is 2. The Morgan fingerprint density at radius 3 is 2.75 bits per heavy atom. The van der Waals surface area contributed by atoms with Crippen LogP contribution in [0.5, 0.6) is 0 Å². The van der Waals surface area contributed by atoms with Crippen molar-refractivity contribution in [3.8, 4) is 6.07 Å². The van der Waals surface area contributed by atoms with Gasteiger partial charge in [0.05, 0.1) is 10.5 Å². The molecule has 0 fully saturated rings. The Morgan fingerprint density at radius 2 is 2.15 bits per heavy atom. The largest absolute Gasteiger partial charge is 0.380 e. The van der Waals surface area contributed by atoms with Gasteiger partial charge in [-0.25, -0.2) is 13.6 Å². The molecule has 104 valence electrons. The summed E-state index contributed by atoms with van der Waals surface area (Å²) >= 11 is 1.48. The van der Waals surface area contributed by atoms with Gasteiger partial charge in [-0.2, -0.15) is 5.26 Å². The van der Waals surface area contributed by atoms with Crippen molar-refractivity contribution in [3.63, 3.8) is 0 Å². The number of sulfonamides is 1. The van der Waals surface area contributed by atoms with Crippen molar-refractivity contribution >= 4 is 27.0 Å². The summed E-state index contributed by atoms with van der Waals surface area (Å²) in [5, 5.41) is 18.8. The zero-order chi connectivity index (χ0) is 14.8. The Labute approximate surface area is 121 Å². The average molecular weight is 307 g/mol. The highest BCUT2D eigenvalue weighted by molar-refractivity contribution is 7.89. The Kier molecular flexibility index (Phi) is 4.09. The van der Waals surface area contributed by atoms with Crippen LogP contribution in [-0.2, 0) is 16.6 Å². The summed E-state index contributed by atoms with van der Waals surface area (Å²) in [6, 6.07) is 8.58. The van der Waals surface area contributed by atoms with Gasteiger partial charge in [-0.3, -0.25) is 0 Å². The highest BCUT2D eigenvalue weighted by Crippen LogP contribution is 2.21. The van der Waals surface area contributed by atoms with Gasteiger partial charge in [0.1, 0.15) is 6.07 Å². The van der Waals surface area contributed by atoms with E-state index in [0.717, 1.165) is 10.4 Å². The molecule has 1 heterocycles. The number of anilines is 1. The van der Waals surface area contributed by atoms with Crippen LogP contribution >= 0.6 is 11.3 Å². The molecular formula is C13H13N3O2S2. The third kappa shape index (κ3) is 3.36. The fourth-order valence-electron chi connectivity index (χ4n) is 1.68. The van der Waals surface area contributed by atoms with Gasteiger partial charge in [0, 0.05) is 22.5 Å². The van der Waals surface area contributed by atoms with Crippen molar-refractivity contribution in [2.45, 2.75) is 18.4 Å². The monoisotopic (exact) mass is 307 g/mol. The van der Waals surface area contributed by atoms with Crippen molar-refractivity contribution < 1.29 is 8.42 Å². The van der Waals surface area contributed by atoms with E-state index in [9.17, 15) is 8.42 Å². The Balaban J connectivity index is 2.19. The van der Waals surface area contributed by atoms with Gasteiger partial charge < -0.3 is 5.32 Å². The van der Waals surface area contributed by atoms with E-state index in [2.05, 4.69) is 11.4 Å². The highest BCUT2D eigenvalue weighted by Gasteiger charge is 2.10. The van der Waals surface area contributed by atoms with Crippen LogP contribution in [0.2, 0.25) is 0 Å². The lowest BCUT2D eigenvalue weighted by molar-refractivity contribution is 0.598. The molecule has 0 saturated heterocycles. The summed E-state index contributed by atoms with van der Waals surface area (Å²) in [4.78, 5) is 1.08. The van der Waals surface area contributed by atoms with E-state index in [1.165, 1.54) is 23.5 Å². The Bertz CT molecular complexity index is 773. The molecule has 0 spiro atoms. The van der Waals surface area contributed by atoms with Crippen molar-refractivity contribution in [1.82, 2.24) is 0 Å². The zero-order valence-corrected chi connectivity index (χ0v) is 12.4. The first-order valence-corrected chi connectivity index (χ1v) is 8.17. The second-order valence-electron chi connectivity index (χ2n) is 4.29. The number of nitrogens with two attached hydrogens (primary N) is 1. The number of nitriles is 1. The minimum Gasteiger partial charge on any atom is -0.380 e. The first-order valence-electron chi connectivity index (χ1n) is 5.75. The number of rotatable bonds is 4. The standard InChI is InChI=1S/C13H13N3O2S2/c1-9-2-3-12(20(15,17)18)5-13(9)16-7-11-4-10(6-14)8-19-11/h2-5,8,16H,7H2,1H3,(H2,15,17,18). The van der Waals surface area contributed by atoms with Gasteiger partial charge in [0.15, 0.2) is 0 Å². The summed E-state index contributed by atoms with van der Waals surface area (Å²) in [6.45, 7) is 2.41. The van der Waals surface area contributed by atoms with Crippen LogP contribution < -0.4 is 10.5 Å². The quantitative estimate of drug-likeness (QED) is 0.905. The summed E-state index contributed by atoms with van der Waals surface area (Å²) < 4.78 is 22.7. The SMILES string of the molecule is Cc1ccc(S(N)(=O)=O)cc1NCc1cc(C#N)cs1. The molecule has 7 heteroatoms. The second kappa shape index (κ2) is 5.63. The number of thiophene rings is 1. The van der Waals surface area contributed by atoms with Crippen molar-refractivity contribution in [2.75, 3.05) is 5.32 Å². The predicted molar refractivity (Wildman–Crippen MR) is 78.9 cm³/mol. The number of nitrogens with one attached hydrogen (secondary N) is 1. The maximum absolute atomic E-state index is 11.3. The van der Waals surface area contributed by atoms with Gasteiger partial charge in [0.25, 0.3) is 0 Å². The summed E-state index contributed by atoms with van der Waals surface area (Å²) in [5.41, 5.74) is 2.26. The van der Waals surface area contributed by atoms with Gasteiger partial charge >= 0.3 is 0 Å². The van der Waals surface area contributed by atoms with E-state index in [0.29, 0.717) is 17.8 Å². The molecule has 0 unspecified atom stereocenters. The molecule has 5 nitrogen and oxygen atoms in total.